The van der Waals surface area contributed by atoms with E-state index in [4.69, 9.17) is 21.3 Å². The number of nitrogens with zero attached hydrogens (tertiary/aromatic N) is 1. The van der Waals surface area contributed by atoms with Gasteiger partial charge in [0, 0.05) is 16.3 Å². The number of nitrogens with one attached hydrogen (secondary N) is 1. The van der Waals surface area contributed by atoms with Crippen molar-refractivity contribution in [3.8, 4) is 5.75 Å². The molecule has 1 heterocycles. The van der Waals surface area contributed by atoms with Gasteiger partial charge in [-0.1, -0.05) is 36.2 Å². The van der Waals surface area contributed by atoms with Crippen molar-refractivity contribution in [2.75, 3.05) is 7.11 Å². The Bertz CT molecular complexity index is 521. The van der Waals surface area contributed by atoms with Crippen LogP contribution in [0.2, 0.25) is 5.02 Å². The number of thioether (sulfide) groups is 1. The van der Waals surface area contributed by atoms with Crippen molar-refractivity contribution in [1.82, 2.24) is 5.32 Å². The maximum Gasteiger partial charge on any atom is 0.157 e. The van der Waals surface area contributed by atoms with Gasteiger partial charge in [0.05, 0.1) is 19.2 Å². The maximum atomic E-state index is 6.06. The van der Waals surface area contributed by atoms with Gasteiger partial charge in [0.25, 0.3) is 0 Å². The lowest BCUT2D eigenvalue weighted by molar-refractivity contribution is 0.385. The van der Waals surface area contributed by atoms with E-state index in [1.165, 1.54) is 25.7 Å². The molecule has 0 unspecified atom stereocenters. The standard InChI is InChI=1S/C15H19ClN2OS/c1-19-14-7-6-11(16)8-10(14)9-20-15-17-12-4-2-3-5-13(12)18-15/h6-8,12-13H,2-5,9H2,1H3,(H,17,18)/t12-,13-/m1/s1. The van der Waals surface area contributed by atoms with Crippen LogP contribution in [-0.2, 0) is 5.75 Å². The van der Waals surface area contributed by atoms with Gasteiger partial charge in [0.1, 0.15) is 5.75 Å². The third-order valence-corrected chi connectivity index (χ3v) is 5.12. The number of amidine groups is 1. The Labute approximate surface area is 129 Å². The Kier molecular flexibility index (Phi) is 4.41. The third kappa shape index (κ3) is 3.07. The molecule has 5 heteroatoms. The first-order valence-electron chi connectivity index (χ1n) is 7.06. The van der Waals surface area contributed by atoms with Crippen LogP contribution in [0.3, 0.4) is 0 Å². The van der Waals surface area contributed by atoms with Gasteiger partial charge in [0.15, 0.2) is 5.17 Å². The van der Waals surface area contributed by atoms with Crippen LogP contribution in [0.1, 0.15) is 31.2 Å². The molecular formula is C15H19ClN2OS. The largest absolute Gasteiger partial charge is 0.496 e. The van der Waals surface area contributed by atoms with Gasteiger partial charge in [-0.25, -0.2) is 0 Å². The molecule has 1 aliphatic heterocycles. The van der Waals surface area contributed by atoms with Gasteiger partial charge in [0.2, 0.25) is 0 Å². The van der Waals surface area contributed by atoms with E-state index in [0.29, 0.717) is 12.1 Å². The number of methoxy groups -OCH3 is 1. The first-order chi connectivity index (χ1) is 9.76. The van der Waals surface area contributed by atoms with E-state index in [1.807, 2.05) is 18.2 Å². The molecule has 1 aliphatic carbocycles. The average Bonchev–Trinajstić information content (AvgIpc) is 2.88. The topological polar surface area (TPSA) is 33.6 Å². The summed E-state index contributed by atoms with van der Waals surface area (Å²) in [5, 5.41) is 5.37. The molecule has 108 valence electrons. The summed E-state index contributed by atoms with van der Waals surface area (Å²) in [6.45, 7) is 0. The van der Waals surface area contributed by atoms with Crippen molar-refractivity contribution < 1.29 is 4.74 Å². The fourth-order valence-electron chi connectivity index (χ4n) is 2.87. The van der Waals surface area contributed by atoms with Gasteiger partial charge in [-0.2, -0.15) is 0 Å². The highest BCUT2D eigenvalue weighted by molar-refractivity contribution is 8.13. The highest BCUT2D eigenvalue weighted by Gasteiger charge is 2.30. The summed E-state index contributed by atoms with van der Waals surface area (Å²) < 4.78 is 5.38. The van der Waals surface area contributed by atoms with Gasteiger partial charge in [-0.3, -0.25) is 4.99 Å². The van der Waals surface area contributed by atoms with Crippen LogP contribution in [0.15, 0.2) is 23.2 Å². The summed E-state index contributed by atoms with van der Waals surface area (Å²) in [4.78, 5) is 4.80. The van der Waals surface area contributed by atoms with Crippen molar-refractivity contribution in [1.29, 1.82) is 0 Å². The lowest BCUT2D eigenvalue weighted by atomic mass is 9.92. The fraction of sp³-hybridized carbons (Fsp3) is 0.533. The minimum absolute atomic E-state index is 0.493. The zero-order chi connectivity index (χ0) is 13.9. The van der Waals surface area contributed by atoms with Gasteiger partial charge >= 0.3 is 0 Å². The number of aliphatic imine (C=N–C) groups is 1. The lowest BCUT2D eigenvalue weighted by Crippen LogP contribution is -2.36. The molecule has 1 saturated carbocycles. The molecule has 2 aliphatic rings. The molecule has 1 N–H and O–H groups in total. The zero-order valence-electron chi connectivity index (χ0n) is 11.6. The smallest absolute Gasteiger partial charge is 0.157 e. The zero-order valence-corrected chi connectivity index (χ0v) is 13.1. The molecule has 3 nitrogen and oxygen atoms in total. The predicted octanol–water partition coefficient (Wildman–Crippen LogP) is 3.85. The summed E-state index contributed by atoms with van der Waals surface area (Å²) in [6.07, 6.45) is 5.11. The summed E-state index contributed by atoms with van der Waals surface area (Å²) in [5.41, 5.74) is 1.12. The third-order valence-electron chi connectivity index (χ3n) is 3.93. The Morgan fingerprint density at radius 3 is 3.05 bits per heavy atom. The summed E-state index contributed by atoms with van der Waals surface area (Å²) in [5.74, 6) is 1.72. The number of benzene rings is 1. The van der Waals surface area contributed by atoms with E-state index in [2.05, 4.69) is 5.32 Å². The molecule has 0 spiro atoms. The molecule has 0 radical (unpaired) electrons. The lowest BCUT2D eigenvalue weighted by Gasteiger charge is -2.23. The Morgan fingerprint density at radius 2 is 2.25 bits per heavy atom. The van der Waals surface area contributed by atoms with Crippen molar-refractivity contribution in [3.63, 3.8) is 0 Å². The molecular weight excluding hydrogens is 292 g/mol. The number of hydrogen-bond acceptors (Lipinski definition) is 4. The Balaban J connectivity index is 1.64. The quantitative estimate of drug-likeness (QED) is 0.920. The number of hydrogen-bond donors (Lipinski definition) is 1. The molecule has 0 aromatic heterocycles. The SMILES string of the molecule is COc1ccc(Cl)cc1CSC1=N[C@@H]2CCCC[C@H]2N1. The second kappa shape index (κ2) is 6.27. The molecule has 1 aromatic carbocycles. The average molecular weight is 311 g/mol. The van der Waals surface area contributed by atoms with Crippen molar-refractivity contribution in [2.24, 2.45) is 4.99 Å². The van der Waals surface area contributed by atoms with Crippen LogP contribution in [0.25, 0.3) is 0 Å². The monoisotopic (exact) mass is 310 g/mol. The van der Waals surface area contributed by atoms with E-state index in [0.717, 1.165) is 27.3 Å². The molecule has 0 amide bonds. The summed E-state index contributed by atoms with van der Waals surface area (Å²) >= 11 is 7.80. The van der Waals surface area contributed by atoms with Crippen LogP contribution in [0, 0.1) is 0 Å². The first kappa shape index (κ1) is 14.1. The highest BCUT2D eigenvalue weighted by Crippen LogP contribution is 2.30. The number of halogens is 1. The molecule has 0 saturated heterocycles. The van der Waals surface area contributed by atoms with Gasteiger partial charge < -0.3 is 10.1 Å². The van der Waals surface area contributed by atoms with E-state index in [1.54, 1.807) is 18.9 Å². The normalized spacial score (nSPS) is 24.8. The van der Waals surface area contributed by atoms with E-state index in [-0.39, 0.29) is 0 Å². The fourth-order valence-corrected chi connectivity index (χ4v) is 4.02. The van der Waals surface area contributed by atoms with Crippen LogP contribution < -0.4 is 10.1 Å². The molecule has 1 fully saturated rings. The molecule has 20 heavy (non-hydrogen) atoms. The molecule has 0 bridgehead atoms. The van der Waals surface area contributed by atoms with E-state index >= 15 is 0 Å². The highest BCUT2D eigenvalue weighted by atomic mass is 35.5. The van der Waals surface area contributed by atoms with Gasteiger partial charge in [-0.15, -0.1) is 0 Å². The maximum absolute atomic E-state index is 6.06. The van der Waals surface area contributed by atoms with Crippen molar-refractivity contribution in [2.45, 2.75) is 43.5 Å². The minimum Gasteiger partial charge on any atom is -0.496 e. The van der Waals surface area contributed by atoms with Crippen LogP contribution in [-0.4, -0.2) is 24.4 Å². The van der Waals surface area contributed by atoms with Crippen molar-refractivity contribution >= 4 is 28.5 Å². The van der Waals surface area contributed by atoms with Crippen molar-refractivity contribution in [3.05, 3.63) is 28.8 Å². The second-order valence-corrected chi connectivity index (χ2v) is 6.68. The van der Waals surface area contributed by atoms with E-state index in [9.17, 15) is 0 Å². The first-order valence-corrected chi connectivity index (χ1v) is 8.42. The summed E-state index contributed by atoms with van der Waals surface area (Å²) in [6, 6.07) is 6.80. The Morgan fingerprint density at radius 1 is 1.40 bits per heavy atom. The van der Waals surface area contributed by atoms with Crippen LogP contribution in [0.5, 0.6) is 5.75 Å². The number of ether oxygens (including phenoxy) is 1. The summed E-state index contributed by atoms with van der Waals surface area (Å²) in [7, 11) is 1.69. The van der Waals surface area contributed by atoms with Crippen LogP contribution in [0.4, 0.5) is 0 Å². The predicted molar refractivity (Wildman–Crippen MR) is 85.9 cm³/mol. The Hall–Kier alpha value is -0.870. The van der Waals surface area contributed by atoms with Gasteiger partial charge in [-0.05, 0) is 31.0 Å². The minimum atomic E-state index is 0.493. The second-order valence-electron chi connectivity index (χ2n) is 5.28. The molecule has 3 rings (SSSR count). The number of rotatable bonds is 3. The van der Waals surface area contributed by atoms with Crippen LogP contribution >= 0.6 is 23.4 Å². The molecule has 2 atom stereocenters. The number of fused-ring (bicyclic) bond motifs is 1. The van der Waals surface area contributed by atoms with E-state index < -0.39 is 0 Å². The molecule has 1 aromatic rings.